The summed E-state index contributed by atoms with van der Waals surface area (Å²) in [7, 11) is 0. The fourth-order valence-electron chi connectivity index (χ4n) is 2.16. The topological polar surface area (TPSA) is 221 Å². The van der Waals surface area contributed by atoms with E-state index in [1.54, 1.807) is 0 Å². The normalized spacial score (nSPS) is 49.2. The standard InChI is InChI=1S/2C6H12O6/c2*7-1-2-3(8)4(9)5(10)6(11)12-2/h2*2-11H,1H2/t2-,3-,4+,5-,6?;/m1./s1. The molecule has 0 spiro atoms. The van der Waals surface area contributed by atoms with E-state index in [1.165, 1.54) is 0 Å². The Morgan fingerprint density at radius 2 is 0.750 bits per heavy atom. The van der Waals surface area contributed by atoms with Crippen LogP contribution in [0, 0.1) is 0 Å². The molecule has 2 aliphatic heterocycles. The lowest BCUT2D eigenvalue weighted by atomic mass is 10.00. The van der Waals surface area contributed by atoms with Crippen LogP contribution in [0.15, 0.2) is 0 Å². The van der Waals surface area contributed by atoms with Crippen molar-refractivity contribution in [1.29, 1.82) is 0 Å². The van der Waals surface area contributed by atoms with Crippen molar-refractivity contribution in [3.63, 3.8) is 0 Å². The highest BCUT2D eigenvalue weighted by Crippen LogP contribution is 2.19. The molecule has 0 radical (unpaired) electrons. The van der Waals surface area contributed by atoms with E-state index in [0.717, 1.165) is 0 Å². The van der Waals surface area contributed by atoms with Crippen LogP contribution in [0.4, 0.5) is 0 Å². The van der Waals surface area contributed by atoms with Gasteiger partial charge in [0.25, 0.3) is 0 Å². The van der Waals surface area contributed by atoms with Crippen LogP contribution < -0.4 is 0 Å². The third-order valence-electron chi connectivity index (χ3n) is 3.73. The minimum absolute atomic E-state index is 0.526. The summed E-state index contributed by atoms with van der Waals surface area (Å²) in [5, 5.41) is 89.3. The third kappa shape index (κ3) is 4.78. The maximum absolute atomic E-state index is 9.12. The molecule has 0 aromatic carbocycles. The zero-order chi connectivity index (χ0) is 18.6. The van der Waals surface area contributed by atoms with Gasteiger partial charge in [-0.05, 0) is 0 Å². The SMILES string of the molecule is OCC1OC(O)C(O)C(O)C1O.OC[C@H]1OC(O)[C@H](O)[C@@H](O)[C@@H]1O. The molecule has 0 aromatic heterocycles. The number of rotatable bonds is 2. The summed E-state index contributed by atoms with van der Waals surface area (Å²) in [6.07, 6.45) is -14.1. The number of hydrogen-bond acceptors (Lipinski definition) is 12. The maximum Gasteiger partial charge on any atom is 0.184 e. The van der Waals surface area contributed by atoms with Crippen LogP contribution in [-0.2, 0) is 9.47 Å². The lowest BCUT2D eigenvalue weighted by Crippen LogP contribution is -2.58. The Labute approximate surface area is 136 Å². The minimum Gasteiger partial charge on any atom is -0.394 e. The predicted octanol–water partition coefficient (Wildman–Crippen LogP) is -6.44. The van der Waals surface area contributed by atoms with E-state index in [-0.39, 0.29) is 0 Å². The second-order valence-electron chi connectivity index (χ2n) is 5.44. The molecule has 12 heteroatoms. The van der Waals surface area contributed by atoms with Crippen LogP contribution in [-0.4, -0.2) is 126 Å². The highest BCUT2D eigenvalue weighted by molar-refractivity contribution is 4.88. The Bertz CT molecular complexity index is 326. The van der Waals surface area contributed by atoms with Crippen LogP contribution in [0.1, 0.15) is 0 Å². The van der Waals surface area contributed by atoms with Gasteiger partial charge in [-0.25, -0.2) is 0 Å². The quantitative estimate of drug-likeness (QED) is 0.222. The lowest BCUT2D eigenvalue weighted by Gasteiger charge is -2.37. The number of hydrogen-bond donors (Lipinski definition) is 10. The third-order valence-corrected chi connectivity index (χ3v) is 3.73. The van der Waals surface area contributed by atoms with E-state index >= 15 is 0 Å². The minimum atomic E-state index is -1.57. The fraction of sp³-hybridized carbons (Fsp3) is 1.00. The van der Waals surface area contributed by atoms with Crippen molar-refractivity contribution in [3.8, 4) is 0 Å². The van der Waals surface area contributed by atoms with Gasteiger partial charge >= 0.3 is 0 Å². The summed E-state index contributed by atoms with van der Waals surface area (Å²) >= 11 is 0. The van der Waals surface area contributed by atoms with E-state index in [0.29, 0.717) is 0 Å². The molecule has 10 N–H and O–H groups in total. The van der Waals surface area contributed by atoms with E-state index in [2.05, 4.69) is 9.47 Å². The van der Waals surface area contributed by atoms with Gasteiger partial charge in [-0.1, -0.05) is 0 Å². The molecule has 10 atom stereocenters. The fourth-order valence-corrected chi connectivity index (χ4v) is 2.16. The first-order valence-electron chi connectivity index (χ1n) is 7.12. The second-order valence-corrected chi connectivity index (χ2v) is 5.44. The lowest BCUT2D eigenvalue weighted by molar-refractivity contribution is -0.286. The van der Waals surface area contributed by atoms with Gasteiger partial charge in [-0.15, -0.1) is 0 Å². The Kier molecular flexibility index (Phi) is 8.34. The Morgan fingerprint density at radius 1 is 0.458 bits per heavy atom. The molecule has 0 saturated carbocycles. The molecular formula is C12H24O12. The highest BCUT2D eigenvalue weighted by atomic mass is 16.6. The maximum atomic E-state index is 9.12. The average molecular weight is 360 g/mol. The van der Waals surface area contributed by atoms with E-state index in [9.17, 15) is 0 Å². The van der Waals surface area contributed by atoms with E-state index in [1.807, 2.05) is 0 Å². The smallest absolute Gasteiger partial charge is 0.184 e. The Balaban J connectivity index is 0.000000240. The zero-order valence-corrected chi connectivity index (χ0v) is 12.5. The first kappa shape index (κ1) is 21.6. The van der Waals surface area contributed by atoms with Crippen LogP contribution in [0.5, 0.6) is 0 Å². The van der Waals surface area contributed by atoms with E-state index < -0.39 is 74.6 Å². The van der Waals surface area contributed by atoms with Gasteiger partial charge in [0.1, 0.15) is 48.8 Å². The molecule has 2 saturated heterocycles. The van der Waals surface area contributed by atoms with Crippen LogP contribution >= 0.6 is 0 Å². The molecule has 24 heavy (non-hydrogen) atoms. The van der Waals surface area contributed by atoms with Gasteiger partial charge < -0.3 is 60.5 Å². The van der Waals surface area contributed by atoms with Gasteiger partial charge in [0.2, 0.25) is 0 Å². The number of aliphatic hydroxyl groups excluding tert-OH is 10. The van der Waals surface area contributed by atoms with Crippen molar-refractivity contribution >= 4 is 0 Å². The summed E-state index contributed by atoms with van der Waals surface area (Å²) in [5.41, 5.74) is 0. The van der Waals surface area contributed by atoms with Crippen molar-refractivity contribution in [2.75, 3.05) is 13.2 Å². The molecule has 6 unspecified atom stereocenters. The monoisotopic (exact) mass is 360 g/mol. The van der Waals surface area contributed by atoms with Gasteiger partial charge in [0.15, 0.2) is 12.6 Å². The van der Waals surface area contributed by atoms with E-state index in [4.69, 9.17) is 51.1 Å². The summed E-state index contributed by atoms with van der Waals surface area (Å²) < 4.78 is 9.15. The molecule has 0 aliphatic carbocycles. The zero-order valence-electron chi connectivity index (χ0n) is 12.5. The first-order valence-corrected chi connectivity index (χ1v) is 7.12. The summed E-state index contributed by atoms with van der Waals surface area (Å²) in [6.45, 7) is -1.05. The summed E-state index contributed by atoms with van der Waals surface area (Å²) in [5.74, 6) is 0. The Hall–Kier alpha value is -0.480. The molecule has 2 fully saturated rings. The molecule has 0 aromatic rings. The van der Waals surface area contributed by atoms with Crippen molar-refractivity contribution in [1.82, 2.24) is 0 Å². The first-order chi connectivity index (χ1) is 11.1. The summed E-state index contributed by atoms with van der Waals surface area (Å²) in [4.78, 5) is 0. The van der Waals surface area contributed by atoms with Crippen molar-refractivity contribution in [2.45, 2.75) is 61.4 Å². The van der Waals surface area contributed by atoms with Crippen LogP contribution in [0.3, 0.4) is 0 Å². The predicted molar refractivity (Wildman–Crippen MR) is 72.0 cm³/mol. The molecule has 2 rings (SSSR count). The summed E-state index contributed by atoms with van der Waals surface area (Å²) in [6, 6.07) is 0. The molecule has 0 amide bonds. The highest BCUT2D eigenvalue weighted by Gasteiger charge is 2.43. The molecule has 2 aliphatic rings. The average Bonchev–Trinajstić information content (AvgIpc) is 2.58. The number of aliphatic hydroxyl groups is 10. The van der Waals surface area contributed by atoms with Crippen LogP contribution in [0.2, 0.25) is 0 Å². The molecule has 0 bridgehead atoms. The van der Waals surface area contributed by atoms with Gasteiger partial charge in [0, 0.05) is 0 Å². The van der Waals surface area contributed by atoms with Crippen LogP contribution in [0.25, 0.3) is 0 Å². The van der Waals surface area contributed by atoms with Gasteiger partial charge in [-0.3, -0.25) is 0 Å². The molecule has 144 valence electrons. The second kappa shape index (κ2) is 9.28. The molecule has 2 heterocycles. The van der Waals surface area contributed by atoms with Gasteiger partial charge in [0.05, 0.1) is 13.2 Å². The van der Waals surface area contributed by atoms with Gasteiger partial charge in [-0.2, -0.15) is 0 Å². The Morgan fingerprint density at radius 3 is 1.00 bits per heavy atom. The number of ether oxygens (including phenoxy) is 2. The largest absolute Gasteiger partial charge is 0.394 e. The van der Waals surface area contributed by atoms with Crippen molar-refractivity contribution in [3.05, 3.63) is 0 Å². The molecular weight excluding hydrogens is 336 g/mol. The molecule has 12 nitrogen and oxygen atoms in total. The van der Waals surface area contributed by atoms with Crippen molar-refractivity contribution in [2.24, 2.45) is 0 Å². The van der Waals surface area contributed by atoms with Crippen molar-refractivity contribution < 1.29 is 60.5 Å².